The highest BCUT2D eigenvalue weighted by molar-refractivity contribution is 4.99. The molecule has 0 aromatic heterocycles. The van der Waals surface area contributed by atoms with Gasteiger partial charge in [0.25, 0.3) is 0 Å². The van der Waals surface area contributed by atoms with E-state index in [2.05, 4.69) is 5.92 Å². The van der Waals surface area contributed by atoms with E-state index < -0.39 is 0 Å². The Labute approximate surface area is 56.6 Å². The summed E-state index contributed by atoms with van der Waals surface area (Å²) in [6.07, 6.45) is 10.0. The van der Waals surface area contributed by atoms with Crippen LogP contribution in [0.4, 0.5) is 0 Å². The molecule has 1 heteroatoms. The van der Waals surface area contributed by atoms with Crippen molar-refractivity contribution < 1.29 is 0 Å². The fourth-order valence-electron chi connectivity index (χ4n) is 1.37. The summed E-state index contributed by atoms with van der Waals surface area (Å²) in [6.45, 7) is 0. The van der Waals surface area contributed by atoms with Crippen LogP contribution in [-0.4, -0.2) is 6.04 Å². The lowest BCUT2D eigenvalue weighted by Gasteiger charge is -2.23. The maximum absolute atomic E-state index is 5.75. The second kappa shape index (κ2) is 2.89. The Bertz CT molecular complexity index is 123. The van der Waals surface area contributed by atoms with Crippen molar-refractivity contribution in [3.05, 3.63) is 0 Å². The molecule has 0 amide bonds. The normalized spacial score (nSPS) is 35.6. The van der Waals surface area contributed by atoms with Crippen LogP contribution in [0.15, 0.2) is 0 Å². The van der Waals surface area contributed by atoms with E-state index >= 15 is 0 Å². The Morgan fingerprint density at radius 2 is 2.00 bits per heavy atom. The Kier molecular flexibility index (Phi) is 2.13. The van der Waals surface area contributed by atoms with Crippen LogP contribution < -0.4 is 5.73 Å². The molecule has 0 spiro atoms. The van der Waals surface area contributed by atoms with E-state index in [0.717, 1.165) is 12.8 Å². The van der Waals surface area contributed by atoms with Crippen LogP contribution in [0.25, 0.3) is 0 Å². The van der Waals surface area contributed by atoms with E-state index in [1.807, 2.05) is 0 Å². The highest BCUT2D eigenvalue weighted by Crippen LogP contribution is 2.21. The predicted molar refractivity (Wildman–Crippen MR) is 38.8 cm³/mol. The van der Waals surface area contributed by atoms with Gasteiger partial charge in [-0.3, -0.25) is 0 Å². The van der Waals surface area contributed by atoms with Crippen LogP contribution in [0.5, 0.6) is 0 Å². The molecule has 1 saturated carbocycles. The quantitative estimate of drug-likeness (QED) is 0.480. The molecule has 2 atom stereocenters. The van der Waals surface area contributed by atoms with Crippen LogP contribution >= 0.6 is 0 Å². The Morgan fingerprint density at radius 1 is 1.33 bits per heavy atom. The molecule has 0 bridgehead atoms. The topological polar surface area (TPSA) is 26.0 Å². The van der Waals surface area contributed by atoms with Crippen LogP contribution in [-0.2, 0) is 0 Å². The molecule has 0 radical (unpaired) electrons. The van der Waals surface area contributed by atoms with Gasteiger partial charge in [0.05, 0.1) is 0 Å². The zero-order chi connectivity index (χ0) is 6.69. The summed E-state index contributed by atoms with van der Waals surface area (Å²) in [6, 6.07) is 0.281. The molecule has 0 heterocycles. The van der Waals surface area contributed by atoms with E-state index in [9.17, 15) is 0 Å². The van der Waals surface area contributed by atoms with Gasteiger partial charge in [0.2, 0.25) is 0 Å². The van der Waals surface area contributed by atoms with Crippen LogP contribution in [0, 0.1) is 18.3 Å². The monoisotopic (exact) mass is 123 g/mol. The molecular weight excluding hydrogens is 110 g/mol. The average molecular weight is 123 g/mol. The summed E-state index contributed by atoms with van der Waals surface area (Å²) in [5.41, 5.74) is 5.75. The zero-order valence-electron chi connectivity index (χ0n) is 5.64. The minimum Gasteiger partial charge on any atom is -0.327 e. The fraction of sp³-hybridized carbons (Fsp3) is 0.750. The first-order valence-corrected chi connectivity index (χ1v) is 3.56. The molecule has 0 saturated heterocycles. The lowest BCUT2D eigenvalue weighted by Crippen LogP contribution is -2.31. The van der Waals surface area contributed by atoms with Gasteiger partial charge in [-0.1, -0.05) is 12.8 Å². The minimum absolute atomic E-state index is 0.281. The summed E-state index contributed by atoms with van der Waals surface area (Å²) < 4.78 is 0. The first-order valence-electron chi connectivity index (χ1n) is 3.56. The van der Waals surface area contributed by atoms with Crippen LogP contribution in [0.1, 0.15) is 25.7 Å². The van der Waals surface area contributed by atoms with Crippen molar-refractivity contribution >= 4 is 0 Å². The number of rotatable bonds is 0. The van der Waals surface area contributed by atoms with Gasteiger partial charge in [-0.05, 0) is 12.8 Å². The molecule has 1 fully saturated rings. The van der Waals surface area contributed by atoms with E-state index in [4.69, 9.17) is 12.2 Å². The molecule has 0 aromatic rings. The van der Waals surface area contributed by atoms with E-state index in [1.54, 1.807) is 0 Å². The second-order valence-corrected chi connectivity index (χ2v) is 2.72. The van der Waals surface area contributed by atoms with E-state index in [-0.39, 0.29) is 6.04 Å². The highest BCUT2D eigenvalue weighted by Gasteiger charge is 2.18. The largest absolute Gasteiger partial charge is 0.327 e. The Balaban J connectivity index is 2.41. The molecule has 1 aliphatic rings. The van der Waals surface area contributed by atoms with Gasteiger partial charge in [0.1, 0.15) is 0 Å². The van der Waals surface area contributed by atoms with E-state index in [1.165, 1.54) is 12.8 Å². The zero-order valence-corrected chi connectivity index (χ0v) is 5.64. The number of hydrogen-bond donors (Lipinski definition) is 1. The minimum atomic E-state index is 0.281. The van der Waals surface area contributed by atoms with Gasteiger partial charge in [0, 0.05) is 12.0 Å². The van der Waals surface area contributed by atoms with Crippen molar-refractivity contribution in [2.24, 2.45) is 11.7 Å². The van der Waals surface area contributed by atoms with Crippen molar-refractivity contribution in [2.45, 2.75) is 31.7 Å². The molecule has 0 aromatic carbocycles. The summed E-state index contributed by atoms with van der Waals surface area (Å²) >= 11 is 0. The Morgan fingerprint density at radius 3 is 2.44 bits per heavy atom. The molecule has 9 heavy (non-hydrogen) atoms. The first kappa shape index (κ1) is 6.64. The summed E-state index contributed by atoms with van der Waals surface area (Å²) in [5.74, 6) is 3.09. The predicted octanol–water partition coefficient (Wildman–Crippen LogP) is 1.14. The molecule has 0 unspecified atom stereocenters. The van der Waals surface area contributed by atoms with Gasteiger partial charge in [0.15, 0.2) is 0 Å². The van der Waals surface area contributed by atoms with Crippen molar-refractivity contribution in [1.29, 1.82) is 0 Å². The fourth-order valence-corrected chi connectivity index (χ4v) is 1.37. The number of hydrogen-bond acceptors (Lipinski definition) is 1. The van der Waals surface area contributed by atoms with Gasteiger partial charge < -0.3 is 5.73 Å². The molecule has 1 rings (SSSR count). The standard InChI is InChI=1S/C8H13N/c1-2-7-5-3-4-6-8(7)9/h1,7-8H,3-6,9H2/t7-,8+/m0/s1. The van der Waals surface area contributed by atoms with Crippen molar-refractivity contribution in [3.63, 3.8) is 0 Å². The average Bonchev–Trinajstić information content (AvgIpc) is 1.89. The van der Waals surface area contributed by atoms with Gasteiger partial charge >= 0.3 is 0 Å². The van der Waals surface area contributed by atoms with Gasteiger partial charge in [-0.2, -0.15) is 0 Å². The maximum atomic E-state index is 5.75. The number of terminal acetylenes is 1. The third-order valence-electron chi connectivity index (χ3n) is 2.03. The van der Waals surface area contributed by atoms with Crippen LogP contribution in [0.2, 0.25) is 0 Å². The Hall–Kier alpha value is -0.480. The third kappa shape index (κ3) is 1.46. The third-order valence-corrected chi connectivity index (χ3v) is 2.03. The van der Waals surface area contributed by atoms with Crippen LogP contribution in [0.3, 0.4) is 0 Å². The molecular formula is C8H13N. The van der Waals surface area contributed by atoms with Gasteiger partial charge in [-0.25, -0.2) is 0 Å². The van der Waals surface area contributed by atoms with Gasteiger partial charge in [-0.15, -0.1) is 12.3 Å². The lowest BCUT2D eigenvalue weighted by molar-refractivity contribution is 0.372. The summed E-state index contributed by atoms with van der Waals surface area (Å²) in [5, 5.41) is 0. The van der Waals surface area contributed by atoms with Crippen molar-refractivity contribution in [3.8, 4) is 12.3 Å². The number of nitrogens with two attached hydrogens (primary N) is 1. The first-order chi connectivity index (χ1) is 4.34. The molecule has 2 N–H and O–H groups in total. The highest BCUT2D eigenvalue weighted by atomic mass is 14.6. The van der Waals surface area contributed by atoms with Crippen molar-refractivity contribution in [1.82, 2.24) is 0 Å². The smallest absolute Gasteiger partial charge is 0.0351 e. The molecule has 0 aliphatic heterocycles. The lowest BCUT2D eigenvalue weighted by atomic mass is 9.86. The molecule has 50 valence electrons. The SMILES string of the molecule is C#C[C@H]1CCCC[C@H]1N. The van der Waals surface area contributed by atoms with E-state index in [0.29, 0.717) is 5.92 Å². The summed E-state index contributed by atoms with van der Waals surface area (Å²) in [4.78, 5) is 0. The maximum Gasteiger partial charge on any atom is 0.0351 e. The second-order valence-electron chi connectivity index (χ2n) is 2.72. The van der Waals surface area contributed by atoms with Crippen molar-refractivity contribution in [2.75, 3.05) is 0 Å². The molecule has 1 nitrogen and oxygen atoms in total. The molecule has 1 aliphatic carbocycles. The summed E-state index contributed by atoms with van der Waals surface area (Å²) in [7, 11) is 0.